The quantitative estimate of drug-likeness (QED) is 0.277. The second-order valence-electron chi connectivity index (χ2n) is 6.84. The highest BCUT2D eigenvalue weighted by atomic mass is 16.1. The highest BCUT2D eigenvalue weighted by Gasteiger charge is 2.25. The molecule has 154 valence electrons. The fourth-order valence-electron chi connectivity index (χ4n) is 3.35. The molecule has 0 amide bonds. The van der Waals surface area contributed by atoms with E-state index in [1.807, 2.05) is 30.3 Å². The maximum atomic E-state index is 12.0. The molecule has 30 heavy (non-hydrogen) atoms. The molecule has 3 rings (SSSR count). The number of hydrogen-bond donors (Lipinski definition) is 4. The van der Waals surface area contributed by atoms with Crippen molar-refractivity contribution in [1.29, 1.82) is 0 Å². The molecule has 1 unspecified atom stereocenters. The molecule has 1 aliphatic rings. The summed E-state index contributed by atoms with van der Waals surface area (Å²) in [7, 11) is 1.80. The standard InChI is InChI=1S/C24H26N4O2/c1-3-18-13-22-23(14-19(18)15-29)28-24(27-22)20(16-30)21(10-11-25-2)26-12-9-17-7-5-4-6-8-17/h3-8,10-11,13-16,24-28H,1,9,12H2,2H3/b11-10-,21-20-. The first kappa shape index (κ1) is 20.9. The van der Waals surface area contributed by atoms with Gasteiger partial charge >= 0.3 is 0 Å². The zero-order valence-corrected chi connectivity index (χ0v) is 16.9. The lowest BCUT2D eigenvalue weighted by Gasteiger charge is -2.17. The highest BCUT2D eigenvalue weighted by molar-refractivity contribution is 5.91. The first-order valence-corrected chi connectivity index (χ1v) is 9.79. The van der Waals surface area contributed by atoms with Crippen LogP contribution in [0.25, 0.3) is 6.08 Å². The van der Waals surface area contributed by atoms with E-state index in [0.29, 0.717) is 23.4 Å². The van der Waals surface area contributed by atoms with Crippen LogP contribution in [0.3, 0.4) is 0 Å². The molecule has 0 saturated heterocycles. The van der Waals surface area contributed by atoms with Crippen LogP contribution in [0.2, 0.25) is 0 Å². The predicted octanol–water partition coefficient (Wildman–Crippen LogP) is 3.32. The largest absolute Gasteiger partial charge is 0.394 e. The van der Waals surface area contributed by atoms with Crippen molar-refractivity contribution >= 4 is 30.0 Å². The maximum absolute atomic E-state index is 12.0. The average molecular weight is 402 g/mol. The van der Waals surface area contributed by atoms with Crippen LogP contribution in [0, 0.1) is 0 Å². The molecule has 0 aliphatic carbocycles. The van der Waals surface area contributed by atoms with Gasteiger partial charge in [-0.05, 0) is 42.0 Å². The molecule has 0 saturated carbocycles. The molecule has 2 aromatic carbocycles. The Morgan fingerprint density at radius 3 is 2.40 bits per heavy atom. The topological polar surface area (TPSA) is 82.3 Å². The summed E-state index contributed by atoms with van der Waals surface area (Å²) in [5.74, 6) is 0. The van der Waals surface area contributed by atoms with Gasteiger partial charge in [0.1, 0.15) is 6.17 Å². The smallest absolute Gasteiger partial charge is 0.152 e. The van der Waals surface area contributed by atoms with E-state index in [9.17, 15) is 9.59 Å². The number of aldehydes is 2. The van der Waals surface area contributed by atoms with Gasteiger partial charge in [0, 0.05) is 24.9 Å². The SMILES string of the molecule is C=Cc1cc2c(cc1C=O)NC(/C(C=O)=C(/C=C\NC)NCCc1ccccc1)N2. The van der Waals surface area contributed by atoms with Gasteiger partial charge < -0.3 is 21.3 Å². The third kappa shape index (κ3) is 4.78. The van der Waals surface area contributed by atoms with Crippen molar-refractivity contribution in [3.8, 4) is 0 Å². The Kier molecular flexibility index (Phi) is 7.05. The number of anilines is 2. The molecular weight excluding hydrogens is 376 g/mol. The Labute approximate surface area is 176 Å². The van der Waals surface area contributed by atoms with Crippen LogP contribution < -0.4 is 21.3 Å². The van der Waals surface area contributed by atoms with E-state index < -0.39 is 6.17 Å². The van der Waals surface area contributed by atoms with Crippen molar-refractivity contribution in [1.82, 2.24) is 10.6 Å². The monoisotopic (exact) mass is 402 g/mol. The van der Waals surface area contributed by atoms with E-state index in [0.717, 1.165) is 35.9 Å². The number of allylic oxidation sites excluding steroid dienone is 1. The van der Waals surface area contributed by atoms with Crippen molar-refractivity contribution in [2.24, 2.45) is 0 Å². The zero-order valence-electron chi connectivity index (χ0n) is 16.9. The maximum Gasteiger partial charge on any atom is 0.152 e. The average Bonchev–Trinajstić information content (AvgIpc) is 3.19. The van der Waals surface area contributed by atoms with Gasteiger partial charge in [0.25, 0.3) is 0 Å². The van der Waals surface area contributed by atoms with E-state index in [1.54, 1.807) is 25.4 Å². The minimum absolute atomic E-state index is 0.419. The second kappa shape index (κ2) is 10.1. The van der Waals surface area contributed by atoms with Crippen LogP contribution in [0.15, 0.2) is 72.6 Å². The first-order valence-electron chi connectivity index (χ1n) is 9.79. The second-order valence-corrected chi connectivity index (χ2v) is 6.84. The summed E-state index contributed by atoms with van der Waals surface area (Å²) >= 11 is 0. The van der Waals surface area contributed by atoms with Crippen LogP contribution in [0.5, 0.6) is 0 Å². The Hall–Kier alpha value is -3.80. The van der Waals surface area contributed by atoms with Crippen molar-refractivity contribution in [3.05, 3.63) is 89.3 Å². The Morgan fingerprint density at radius 1 is 1.10 bits per heavy atom. The normalized spacial score (nSPS) is 15.4. The summed E-state index contributed by atoms with van der Waals surface area (Å²) in [6.45, 7) is 4.44. The molecule has 2 aromatic rings. The highest BCUT2D eigenvalue weighted by Crippen LogP contribution is 2.34. The lowest BCUT2D eigenvalue weighted by molar-refractivity contribution is -0.105. The van der Waals surface area contributed by atoms with E-state index in [4.69, 9.17) is 0 Å². The zero-order chi connectivity index (χ0) is 21.3. The molecule has 1 heterocycles. The number of nitrogens with one attached hydrogen (secondary N) is 4. The minimum Gasteiger partial charge on any atom is -0.394 e. The van der Waals surface area contributed by atoms with Crippen molar-refractivity contribution in [2.75, 3.05) is 24.2 Å². The third-order valence-corrected chi connectivity index (χ3v) is 4.91. The number of carbonyl (C=O) groups excluding carboxylic acids is 2. The molecule has 6 heteroatoms. The summed E-state index contributed by atoms with van der Waals surface area (Å²) in [5.41, 5.74) is 5.36. The van der Waals surface area contributed by atoms with Gasteiger partial charge in [0.2, 0.25) is 0 Å². The van der Waals surface area contributed by atoms with Crippen LogP contribution in [0.1, 0.15) is 21.5 Å². The molecule has 1 atom stereocenters. The van der Waals surface area contributed by atoms with Crippen LogP contribution >= 0.6 is 0 Å². The van der Waals surface area contributed by atoms with E-state index >= 15 is 0 Å². The molecule has 0 aromatic heterocycles. The molecule has 4 N–H and O–H groups in total. The third-order valence-electron chi connectivity index (χ3n) is 4.91. The Bertz CT molecular complexity index is 943. The van der Waals surface area contributed by atoms with Gasteiger partial charge in [0.15, 0.2) is 12.6 Å². The fourth-order valence-corrected chi connectivity index (χ4v) is 3.35. The van der Waals surface area contributed by atoms with Crippen LogP contribution in [-0.2, 0) is 11.2 Å². The first-order chi connectivity index (χ1) is 14.7. The van der Waals surface area contributed by atoms with Crippen LogP contribution in [-0.4, -0.2) is 32.3 Å². The van der Waals surface area contributed by atoms with Gasteiger partial charge in [-0.15, -0.1) is 0 Å². The van der Waals surface area contributed by atoms with Gasteiger partial charge in [-0.2, -0.15) is 0 Å². The fraction of sp³-hybridized carbons (Fsp3) is 0.167. The lowest BCUT2D eigenvalue weighted by Crippen LogP contribution is -2.30. The molecule has 6 nitrogen and oxygen atoms in total. The van der Waals surface area contributed by atoms with E-state index in [2.05, 4.69) is 40.0 Å². The van der Waals surface area contributed by atoms with Gasteiger partial charge in [-0.25, -0.2) is 0 Å². The summed E-state index contributed by atoms with van der Waals surface area (Å²) < 4.78 is 0. The van der Waals surface area contributed by atoms with E-state index in [1.165, 1.54) is 5.56 Å². The number of carbonyl (C=O) groups is 2. The van der Waals surface area contributed by atoms with Crippen molar-refractivity contribution < 1.29 is 9.59 Å². The molecule has 1 aliphatic heterocycles. The molecule has 0 spiro atoms. The molecular formula is C24H26N4O2. The van der Waals surface area contributed by atoms with Gasteiger partial charge in [-0.1, -0.05) is 43.0 Å². The van der Waals surface area contributed by atoms with Gasteiger partial charge in [0.05, 0.1) is 16.9 Å². The summed E-state index contributed by atoms with van der Waals surface area (Å²) in [6, 6.07) is 13.8. The summed E-state index contributed by atoms with van der Waals surface area (Å²) in [4.78, 5) is 23.4. The number of hydrogen-bond acceptors (Lipinski definition) is 6. The van der Waals surface area contributed by atoms with Crippen LogP contribution in [0.4, 0.5) is 11.4 Å². The number of rotatable bonds is 10. The minimum atomic E-state index is -0.419. The summed E-state index contributed by atoms with van der Waals surface area (Å²) in [6.07, 6.45) is 7.32. The summed E-state index contributed by atoms with van der Waals surface area (Å²) in [5, 5.41) is 12.9. The van der Waals surface area contributed by atoms with Gasteiger partial charge in [-0.3, -0.25) is 9.59 Å². The predicted molar refractivity (Wildman–Crippen MR) is 122 cm³/mol. The molecule has 0 bridgehead atoms. The van der Waals surface area contributed by atoms with Crippen molar-refractivity contribution in [3.63, 3.8) is 0 Å². The Balaban J connectivity index is 1.82. The molecule has 0 radical (unpaired) electrons. The number of fused-ring (bicyclic) bond motifs is 1. The Morgan fingerprint density at radius 2 is 1.80 bits per heavy atom. The number of benzene rings is 2. The molecule has 0 fully saturated rings. The van der Waals surface area contributed by atoms with Crippen molar-refractivity contribution in [2.45, 2.75) is 12.6 Å². The van der Waals surface area contributed by atoms with E-state index in [-0.39, 0.29) is 0 Å². The lowest BCUT2D eigenvalue weighted by atomic mass is 10.1.